The van der Waals surface area contributed by atoms with Gasteiger partial charge in [-0.1, -0.05) is 16.8 Å². The molecule has 0 saturated carbocycles. The number of benzene rings is 2. The Bertz CT molecular complexity index is 824. The minimum Gasteiger partial charge on any atom is -0.506 e. The van der Waals surface area contributed by atoms with Gasteiger partial charge in [0.1, 0.15) is 33.9 Å². The molecule has 8 heteroatoms. The van der Waals surface area contributed by atoms with Crippen LogP contribution in [-0.2, 0) is 9.63 Å². The lowest BCUT2D eigenvalue weighted by Crippen LogP contribution is -2.09. The third-order valence-corrected chi connectivity index (χ3v) is 3.37. The highest BCUT2D eigenvalue weighted by atomic mass is 35.5. The van der Waals surface area contributed by atoms with E-state index >= 15 is 0 Å². The van der Waals surface area contributed by atoms with E-state index < -0.39 is 23.4 Å². The molecule has 2 aromatic carbocycles. The van der Waals surface area contributed by atoms with Gasteiger partial charge in [-0.25, -0.2) is 13.6 Å². The molecule has 0 amide bonds. The first kappa shape index (κ1) is 17.7. The van der Waals surface area contributed by atoms with Crippen molar-refractivity contribution in [2.45, 2.75) is 6.92 Å². The van der Waals surface area contributed by atoms with Crippen molar-refractivity contribution < 1.29 is 28.3 Å². The van der Waals surface area contributed by atoms with E-state index in [1.54, 1.807) is 0 Å². The third kappa shape index (κ3) is 3.62. The highest BCUT2D eigenvalue weighted by Gasteiger charge is 2.21. The molecule has 0 spiro atoms. The van der Waals surface area contributed by atoms with Crippen molar-refractivity contribution in [2.24, 2.45) is 5.16 Å². The number of hydrogen-bond donors (Lipinski definition) is 1. The average Bonchev–Trinajstić information content (AvgIpc) is 2.54. The number of carbonyl (C=O) groups excluding carboxylic acids is 1. The van der Waals surface area contributed by atoms with Crippen molar-refractivity contribution >= 4 is 23.3 Å². The van der Waals surface area contributed by atoms with Crippen molar-refractivity contribution in [1.29, 1.82) is 0 Å². The van der Waals surface area contributed by atoms with Crippen molar-refractivity contribution in [3.63, 3.8) is 0 Å². The van der Waals surface area contributed by atoms with Crippen LogP contribution in [0.15, 0.2) is 35.5 Å². The van der Waals surface area contributed by atoms with E-state index in [0.29, 0.717) is 0 Å². The van der Waals surface area contributed by atoms with Gasteiger partial charge < -0.3 is 14.7 Å². The molecule has 0 bridgehead atoms. The van der Waals surface area contributed by atoms with Gasteiger partial charge in [-0.3, -0.25) is 0 Å². The Balaban J connectivity index is 2.68. The fourth-order valence-electron chi connectivity index (χ4n) is 1.93. The molecule has 0 atom stereocenters. The Kier molecular flexibility index (Phi) is 5.35. The Morgan fingerprint density at radius 1 is 1.21 bits per heavy atom. The van der Waals surface area contributed by atoms with E-state index in [0.717, 1.165) is 25.1 Å². The van der Waals surface area contributed by atoms with Crippen LogP contribution >= 0.6 is 11.6 Å². The molecule has 2 aromatic rings. The van der Waals surface area contributed by atoms with Crippen LogP contribution in [0.5, 0.6) is 11.5 Å². The van der Waals surface area contributed by atoms with Crippen LogP contribution in [0.2, 0.25) is 5.02 Å². The van der Waals surface area contributed by atoms with Crippen molar-refractivity contribution in [3.05, 3.63) is 58.1 Å². The Morgan fingerprint density at radius 3 is 2.54 bits per heavy atom. The summed E-state index contributed by atoms with van der Waals surface area (Å²) >= 11 is 5.96. The molecule has 2 rings (SSSR count). The first-order valence-electron chi connectivity index (χ1n) is 6.62. The highest BCUT2D eigenvalue weighted by molar-refractivity contribution is 6.34. The van der Waals surface area contributed by atoms with Gasteiger partial charge in [-0.15, -0.1) is 0 Å². The average molecular weight is 356 g/mol. The Hall–Kier alpha value is -2.67. The second-order valence-corrected chi connectivity index (χ2v) is 5.00. The molecule has 0 fully saturated rings. The number of aromatic hydroxyl groups is 1. The van der Waals surface area contributed by atoms with E-state index in [9.17, 15) is 18.7 Å². The molecular formula is C16H12ClF2NO4. The first-order valence-corrected chi connectivity index (χ1v) is 6.99. The molecule has 1 N–H and O–H groups in total. The van der Waals surface area contributed by atoms with Crippen LogP contribution in [0.3, 0.4) is 0 Å². The summed E-state index contributed by atoms with van der Waals surface area (Å²) in [5.41, 5.74) is -0.677. The third-order valence-electron chi connectivity index (χ3n) is 3.00. The van der Waals surface area contributed by atoms with Gasteiger partial charge in [-0.2, -0.15) is 0 Å². The van der Waals surface area contributed by atoms with Gasteiger partial charge in [0.2, 0.25) is 0 Å². The minimum absolute atomic E-state index is 0.0634. The number of oxime groups is 1. The standard InChI is InChI=1S/C16H12ClF2NO4/c1-8(21)24-20-15(11-7-9(18)3-5-12(11)19)10-4-6-13(23-2)14(17)16(10)22/h3-7,22H,1-2H3. The smallest absolute Gasteiger partial charge is 0.332 e. The van der Waals surface area contributed by atoms with Gasteiger partial charge in [0.15, 0.2) is 0 Å². The molecule has 0 aliphatic carbocycles. The zero-order chi connectivity index (χ0) is 17.9. The molecule has 0 unspecified atom stereocenters. The van der Waals surface area contributed by atoms with E-state index in [1.165, 1.54) is 19.2 Å². The normalized spacial score (nSPS) is 11.3. The molecule has 0 aliphatic heterocycles. The number of phenols is 1. The van der Waals surface area contributed by atoms with Gasteiger partial charge in [0.05, 0.1) is 7.11 Å². The van der Waals surface area contributed by atoms with Crippen LogP contribution in [0.1, 0.15) is 18.1 Å². The monoisotopic (exact) mass is 355 g/mol. The summed E-state index contributed by atoms with van der Waals surface area (Å²) in [5.74, 6) is -2.65. The summed E-state index contributed by atoms with van der Waals surface area (Å²) in [6, 6.07) is 5.39. The van der Waals surface area contributed by atoms with E-state index in [-0.39, 0.29) is 27.6 Å². The fourth-order valence-corrected chi connectivity index (χ4v) is 2.17. The Morgan fingerprint density at radius 2 is 1.92 bits per heavy atom. The van der Waals surface area contributed by atoms with Crippen molar-refractivity contribution in [1.82, 2.24) is 0 Å². The van der Waals surface area contributed by atoms with Crippen molar-refractivity contribution in [2.75, 3.05) is 7.11 Å². The lowest BCUT2D eigenvalue weighted by Gasteiger charge is -2.12. The highest BCUT2D eigenvalue weighted by Crippen LogP contribution is 2.37. The lowest BCUT2D eigenvalue weighted by atomic mass is 10.0. The van der Waals surface area contributed by atoms with Crippen LogP contribution in [0.25, 0.3) is 0 Å². The fraction of sp³-hybridized carbons (Fsp3) is 0.125. The first-order chi connectivity index (χ1) is 11.3. The molecule has 126 valence electrons. The van der Waals surface area contributed by atoms with Crippen LogP contribution in [0.4, 0.5) is 8.78 Å². The number of carbonyl (C=O) groups is 1. The topological polar surface area (TPSA) is 68.1 Å². The number of ether oxygens (including phenoxy) is 1. The number of halogens is 3. The van der Waals surface area contributed by atoms with Gasteiger partial charge in [-0.05, 0) is 30.3 Å². The van der Waals surface area contributed by atoms with Crippen LogP contribution in [-0.4, -0.2) is 23.9 Å². The summed E-state index contributed by atoms with van der Waals surface area (Å²) in [7, 11) is 1.35. The minimum atomic E-state index is -0.825. The maximum absolute atomic E-state index is 14.1. The maximum atomic E-state index is 14.1. The SMILES string of the molecule is COc1ccc(C(=NOC(C)=O)c2cc(F)ccc2F)c(O)c1Cl. The van der Waals surface area contributed by atoms with Crippen LogP contribution in [0, 0.1) is 11.6 Å². The van der Waals surface area contributed by atoms with E-state index in [2.05, 4.69) is 9.99 Å². The van der Waals surface area contributed by atoms with E-state index in [1.807, 2.05) is 0 Å². The summed E-state index contributed by atoms with van der Waals surface area (Å²) in [5, 5.41) is 13.6. The number of hydrogen-bond acceptors (Lipinski definition) is 5. The summed E-state index contributed by atoms with van der Waals surface area (Å²) in [4.78, 5) is 15.5. The van der Waals surface area contributed by atoms with E-state index in [4.69, 9.17) is 16.3 Å². The van der Waals surface area contributed by atoms with Gasteiger partial charge in [0.25, 0.3) is 0 Å². The lowest BCUT2D eigenvalue weighted by molar-refractivity contribution is -0.140. The maximum Gasteiger partial charge on any atom is 0.332 e. The number of phenolic OH excluding ortho intramolecular Hbond substituents is 1. The summed E-state index contributed by atoms with van der Waals surface area (Å²) in [6.07, 6.45) is 0. The van der Waals surface area contributed by atoms with Crippen molar-refractivity contribution in [3.8, 4) is 11.5 Å². The molecule has 24 heavy (non-hydrogen) atoms. The predicted octanol–water partition coefficient (Wildman–Crippen LogP) is 3.65. The zero-order valence-electron chi connectivity index (χ0n) is 12.6. The summed E-state index contributed by atoms with van der Waals surface area (Å²) in [6.45, 7) is 1.09. The Labute approximate surface area is 141 Å². The molecular weight excluding hydrogens is 344 g/mol. The van der Waals surface area contributed by atoms with Crippen LogP contribution < -0.4 is 4.74 Å². The second-order valence-electron chi connectivity index (χ2n) is 4.62. The predicted molar refractivity (Wildman–Crippen MR) is 83.4 cm³/mol. The quantitative estimate of drug-likeness (QED) is 0.516. The molecule has 0 aromatic heterocycles. The van der Waals surface area contributed by atoms with Gasteiger partial charge >= 0.3 is 5.97 Å². The number of rotatable bonds is 4. The molecule has 5 nitrogen and oxygen atoms in total. The van der Waals surface area contributed by atoms with Gasteiger partial charge in [0, 0.05) is 18.1 Å². The summed E-state index contributed by atoms with van der Waals surface area (Å²) < 4.78 is 32.5. The molecule has 0 saturated heterocycles. The largest absolute Gasteiger partial charge is 0.506 e. The second kappa shape index (κ2) is 7.27. The number of methoxy groups -OCH3 is 1. The zero-order valence-corrected chi connectivity index (χ0v) is 13.4. The number of nitrogens with zero attached hydrogens (tertiary/aromatic N) is 1. The molecule has 0 aliphatic rings. The molecule has 0 heterocycles. The molecule has 0 radical (unpaired) electrons.